The van der Waals surface area contributed by atoms with Gasteiger partial charge in [-0.2, -0.15) is 0 Å². The highest BCUT2D eigenvalue weighted by Crippen LogP contribution is 2.30. The monoisotopic (exact) mass is 402 g/mol. The van der Waals surface area contributed by atoms with Crippen LogP contribution in [0.4, 0.5) is 10.2 Å². The molecule has 4 rings (SSSR count). The van der Waals surface area contributed by atoms with Crippen LogP contribution >= 0.6 is 11.6 Å². The number of imidazole rings is 1. The van der Waals surface area contributed by atoms with Gasteiger partial charge in [0.05, 0.1) is 34.8 Å². The van der Waals surface area contributed by atoms with E-state index in [0.717, 1.165) is 36.3 Å². The molecular formula is C21H24ClFN4O. The van der Waals surface area contributed by atoms with Crippen molar-refractivity contribution in [2.75, 3.05) is 5.32 Å². The summed E-state index contributed by atoms with van der Waals surface area (Å²) in [6.45, 7) is 3.91. The van der Waals surface area contributed by atoms with Gasteiger partial charge in [-0.3, -0.25) is 4.40 Å². The van der Waals surface area contributed by atoms with Crippen LogP contribution in [0, 0.1) is 0 Å². The quantitative estimate of drug-likeness (QED) is 0.609. The Bertz CT molecular complexity index is 974. The van der Waals surface area contributed by atoms with Crippen LogP contribution in [0.25, 0.3) is 17.0 Å². The highest BCUT2D eigenvalue weighted by molar-refractivity contribution is 6.32. The summed E-state index contributed by atoms with van der Waals surface area (Å²) in [6.07, 6.45) is 6.20. The lowest BCUT2D eigenvalue weighted by molar-refractivity contribution is 0.229. The summed E-state index contributed by atoms with van der Waals surface area (Å²) in [7, 11) is 0. The summed E-state index contributed by atoms with van der Waals surface area (Å²) in [5.41, 5.74) is 2.29. The van der Waals surface area contributed by atoms with Crippen molar-refractivity contribution >= 4 is 23.1 Å². The van der Waals surface area contributed by atoms with E-state index in [1.54, 1.807) is 12.4 Å². The molecule has 1 N–H and O–H groups in total. The first-order valence-electron chi connectivity index (χ1n) is 9.72. The fourth-order valence-electron chi connectivity index (χ4n) is 3.61. The van der Waals surface area contributed by atoms with Crippen molar-refractivity contribution in [3.05, 3.63) is 41.7 Å². The lowest BCUT2D eigenvalue weighted by atomic mass is 9.94. The van der Waals surface area contributed by atoms with E-state index in [1.165, 1.54) is 0 Å². The minimum atomic E-state index is -0.826. The van der Waals surface area contributed by atoms with E-state index in [4.69, 9.17) is 16.3 Å². The molecule has 148 valence electrons. The third kappa shape index (κ3) is 3.92. The van der Waals surface area contributed by atoms with Crippen LogP contribution in [0.2, 0.25) is 5.02 Å². The van der Waals surface area contributed by atoms with Gasteiger partial charge in [0.1, 0.15) is 23.4 Å². The molecule has 1 aliphatic carbocycles. The topological polar surface area (TPSA) is 51.5 Å². The zero-order chi connectivity index (χ0) is 19.7. The Morgan fingerprint density at radius 2 is 2.11 bits per heavy atom. The fourth-order valence-corrected chi connectivity index (χ4v) is 3.81. The number of nitrogens with one attached hydrogen (secondary N) is 1. The average molecular weight is 403 g/mol. The molecule has 0 unspecified atom stereocenters. The summed E-state index contributed by atoms with van der Waals surface area (Å²) in [6, 6.07) is 7.34. The van der Waals surface area contributed by atoms with Gasteiger partial charge in [0.15, 0.2) is 0 Å². The third-order valence-electron chi connectivity index (χ3n) is 4.95. The van der Waals surface area contributed by atoms with Crippen LogP contribution < -0.4 is 10.1 Å². The van der Waals surface area contributed by atoms with Gasteiger partial charge in [0, 0.05) is 12.3 Å². The molecule has 1 aliphatic rings. The van der Waals surface area contributed by atoms with E-state index in [2.05, 4.69) is 15.3 Å². The Morgan fingerprint density at radius 1 is 1.29 bits per heavy atom. The van der Waals surface area contributed by atoms with Crippen molar-refractivity contribution in [2.45, 2.75) is 57.8 Å². The normalized spacial score (nSPS) is 19.9. The molecule has 1 saturated carbocycles. The lowest BCUT2D eigenvalue weighted by Crippen LogP contribution is -2.33. The lowest BCUT2D eigenvalue weighted by Gasteiger charge is -2.27. The summed E-state index contributed by atoms with van der Waals surface area (Å²) >= 11 is 6.39. The van der Waals surface area contributed by atoms with Gasteiger partial charge in [-0.25, -0.2) is 14.4 Å². The number of hydrogen-bond acceptors (Lipinski definition) is 4. The van der Waals surface area contributed by atoms with Gasteiger partial charge >= 0.3 is 0 Å². The summed E-state index contributed by atoms with van der Waals surface area (Å²) in [4.78, 5) is 9.15. The highest BCUT2D eigenvalue weighted by atomic mass is 35.5. The van der Waals surface area contributed by atoms with Crippen molar-refractivity contribution in [2.24, 2.45) is 0 Å². The molecule has 2 atom stereocenters. The number of nitrogens with zero attached hydrogens (tertiary/aromatic N) is 3. The molecule has 3 aromatic rings. The molecule has 28 heavy (non-hydrogen) atoms. The predicted molar refractivity (Wildman–Crippen MR) is 110 cm³/mol. The molecule has 0 amide bonds. The summed E-state index contributed by atoms with van der Waals surface area (Å²) in [5.74, 6) is 1.28. The number of hydrogen-bond donors (Lipinski definition) is 1. The van der Waals surface area contributed by atoms with E-state index < -0.39 is 6.17 Å². The van der Waals surface area contributed by atoms with Crippen LogP contribution in [0.5, 0.6) is 5.75 Å². The Kier molecular flexibility index (Phi) is 5.40. The van der Waals surface area contributed by atoms with Gasteiger partial charge in [-0.15, -0.1) is 0 Å². The van der Waals surface area contributed by atoms with E-state index in [0.29, 0.717) is 23.0 Å². The predicted octanol–water partition coefficient (Wildman–Crippen LogP) is 5.53. The maximum absolute atomic E-state index is 14.2. The average Bonchev–Trinajstić information content (AvgIpc) is 3.06. The Balaban J connectivity index is 1.64. The first-order valence-corrected chi connectivity index (χ1v) is 10.1. The number of anilines is 1. The van der Waals surface area contributed by atoms with Crippen molar-refractivity contribution in [1.82, 2.24) is 14.4 Å². The second-order valence-corrected chi connectivity index (χ2v) is 7.89. The fraction of sp³-hybridized carbons (Fsp3) is 0.429. The summed E-state index contributed by atoms with van der Waals surface area (Å²) < 4.78 is 21.8. The van der Waals surface area contributed by atoms with E-state index >= 15 is 0 Å². The molecule has 0 aliphatic heterocycles. The Morgan fingerprint density at radius 3 is 2.89 bits per heavy atom. The van der Waals surface area contributed by atoms with Crippen molar-refractivity contribution in [3.8, 4) is 17.1 Å². The first kappa shape index (κ1) is 19.0. The van der Waals surface area contributed by atoms with Crippen LogP contribution in [0.3, 0.4) is 0 Å². The molecule has 0 bridgehead atoms. The molecule has 0 saturated heterocycles. The summed E-state index contributed by atoms with van der Waals surface area (Å²) in [5, 5.41) is 3.77. The molecule has 5 nitrogen and oxygen atoms in total. The van der Waals surface area contributed by atoms with Crippen LogP contribution in [0.15, 0.2) is 36.7 Å². The van der Waals surface area contributed by atoms with E-state index in [-0.39, 0.29) is 12.1 Å². The van der Waals surface area contributed by atoms with Crippen LogP contribution in [-0.4, -0.2) is 32.7 Å². The third-order valence-corrected chi connectivity index (χ3v) is 5.24. The number of pyridine rings is 2. The highest BCUT2D eigenvalue weighted by Gasteiger charge is 2.24. The standard InChI is InChI=1S/C21H24ClFN4O/c1-13(2)28-19-10-21-24-11-18(27(21)12-14(19)22)17-8-5-9-20(26-17)25-16-7-4-3-6-15(16)23/h5,8-13,15-16H,3-4,6-7H2,1-2H3,(H,25,26)/t15-,16-/m0/s1. The van der Waals surface area contributed by atoms with Gasteiger partial charge in [0.2, 0.25) is 0 Å². The number of halogens is 2. The number of rotatable bonds is 5. The molecular weight excluding hydrogens is 379 g/mol. The second-order valence-electron chi connectivity index (χ2n) is 7.48. The minimum absolute atomic E-state index is 0.0259. The Hall–Kier alpha value is -2.34. The van der Waals surface area contributed by atoms with E-state index in [1.807, 2.05) is 42.5 Å². The largest absolute Gasteiger partial charge is 0.489 e. The number of aromatic nitrogens is 3. The molecule has 1 fully saturated rings. The van der Waals surface area contributed by atoms with Crippen molar-refractivity contribution in [3.63, 3.8) is 0 Å². The van der Waals surface area contributed by atoms with Gasteiger partial charge in [0.25, 0.3) is 0 Å². The smallest absolute Gasteiger partial charge is 0.143 e. The molecule has 3 aromatic heterocycles. The van der Waals surface area contributed by atoms with Crippen molar-refractivity contribution in [1.29, 1.82) is 0 Å². The second kappa shape index (κ2) is 7.95. The van der Waals surface area contributed by atoms with Gasteiger partial charge in [-0.05, 0) is 38.8 Å². The SMILES string of the molecule is CC(C)Oc1cc2ncc(-c3cccc(N[C@H]4CCCC[C@@H]4F)n3)n2cc1Cl. The number of ether oxygens (including phenoxy) is 1. The molecule has 0 radical (unpaired) electrons. The maximum atomic E-state index is 14.2. The van der Waals surface area contributed by atoms with E-state index in [9.17, 15) is 4.39 Å². The van der Waals surface area contributed by atoms with Crippen molar-refractivity contribution < 1.29 is 9.13 Å². The Labute approximate surface area is 168 Å². The molecule has 3 heterocycles. The number of alkyl halides is 1. The van der Waals surface area contributed by atoms with Gasteiger partial charge in [-0.1, -0.05) is 30.5 Å². The van der Waals surface area contributed by atoms with Crippen LogP contribution in [0.1, 0.15) is 39.5 Å². The number of fused-ring (bicyclic) bond motifs is 1. The van der Waals surface area contributed by atoms with Gasteiger partial charge < -0.3 is 10.1 Å². The minimum Gasteiger partial charge on any atom is -0.489 e. The molecule has 7 heteroatoms. The van der Waals surface area contributed by atoms with Crippen LogP contribution in [-0.2, 0) is 0 Å². The zero-order valence-electron chi connectivity index (χ0n) is 16.0. The molecule has 0 spiro atoms. The zero-order valence-corrected chi connectivity index (χ0v) is 16.8. The molecule has 0 aromatic carbocycles. The first-order chi connectivity index (χ1) is 13.5. The maximum Gasteiger partial charge on any atom is 0.143 e.